The maximum absolute atomic E-state index is 13.7. The molecule has 0 atom stereocenters. The molecular formula is C27H34N4O6S2. The van der Waals surface area contributed by atoms with E-state index < -0.39 is 16.1 Å². The first-order valence-corrected chi connectivity index (χ1v) is 14.9. The second kappa shape index (κ2) is 14.1. The molecule has 3 aromatic rings. The molecule has 0 bridgehead atoms. The topological polar surface area (TPSA) is 127 Å². The molecule has 0 saturated heterocycles. The van der Waals surface area contributed by atoms with Gasteiger partial charge in [-0.1, -0.05) is 37.3 Å². The number of carbonyl (C=O) groups is 2. The summed E-state index contributed by atoms with van der Waals surface area (Å²) in [6.07, 6.45) is 2.07. The summed E-state index contributed by atoms with van der Waals surface area (Å²) in [4.78, 5) is 32.1. The highest BCUT2D eigenvalue weighted by Crippen LogP contribution is 2.30. The zero-order valence-corrected chi connectivity index (χ0v) is 24.2. The summed E-state index contributed by atoms with van der Waals surface area (Å²) in [5.74, 6) is -0.00987. The monoisotopic (exact) mass is 574 g/mol. The molecule has 210 valence electrons. The van der Waals surface area contributed by atoms with Crippen molar-refractivity contribution < 1.29 is 27.5 Å². The highest BCUT2D eigenvalue weighted by molar-refractivity contribution is 7.88. The van der Waals surface area contributed by atoms with Gasteiger partial charge in [0.15, 0.2) is 0 Å². The maximum Gasteiger partial charge on any atom is 0.301 e. The van der Waals surface area contributed by atoms with E-state index in [2.05, 4.69) is 9.71 Å². The fourth-order valence-corrected chi connectivity index (χ4v) is 5.54. The van der Waals surface area contributed by atoms with Gasteiger partial charge in [-0.2, -0.15) is 13.1 Å². The average molecular weight is 575 g/mol. The van der Waals surface area contributed by atoms with Crippen molar-refractivity contribution in [2.45, 2.75) is 39.7 Å². The quantitative estimate of drug-likeness (QED) is 0.300. The number of ether oxygens (including phenoxy) is 2. The van der Waals surface area contributed by atoms with Crippen molar-refractivity contribution in [3.05, 3.63) is 75.2 Å². The van der Waals surface area contributed by atoms with Crippen LogP contribution in [-0.2, 0) is 23.2 Å². The summed E-state index contributed by atoms with van der Waals surface area (Å²) in [5.41, 5.74) is 2.31. The van der Waals surface area contributed by atoms with Gasteiger partial charge in [0.1, 0.15) is 22.2 Å². The van der Waals surface area contributed by atoms with Crippen LogP contribution in [-0.4, -0.2) is 57.4 Å². The molecule has 0 fully saturated rings. The molecule has 0 unspecified atom stereocenters. The standard InChI is InChI=1S/C27H34N4O6S2/c1-5-13-28-39(34,35)30-26(32)22-18-38-25(29-22)17-31(14-9-12-20-10-7-6-8-11-20)27(33)21-15-23(36-3)19(2)24(16-21)37-4/h6-8,10-11,15-16,18,28H,5,9,12-14,17H2,1-4H3,(H,30,32). The smallest absolute Gasteiger partial charge is 0.301 e. The van der Waals surface area contributed by atoms with Crippen LogP contribution in [0.4, 0.5) is 0 Å². The average Bonchev–Trinajstić information content (AvgIpc) is 3.40. The molecule has 1 aromatic heterocycles. The maximum atomic E-state index is 13.7. The Morgan fingerprint density at radius 3 is 2.36 bits per heavy atom. The highest BCUT2D eigenvalue weighted by Gasteiger charge is 2.23. The third-order valence-corrected chi connectivity index (χ3v) is 7.77. The van der Waals surface area contributed by atoms with E-state index in [0.717, 1.165) is 17.5 Å². The molecule has 3 rings (SSSR count). The van der Waals surface area contributed by atoms with E-state index in [1.165, 1.54) is 30.9 Å². The van der Waals surface area contributed by atoms with Gasteiger partial charge in [0, 0.05) is 29.6 Å². The number of hydrogen-bond donors (Lipinski definition) is 2. The summed E-state index contributed by atoms with van der Waals surface area (Å²) >= 11 is 1.18. The van der Waals surface area contributed by atoms with Gasteiger partial charge in [0.25, 0.3) is 11.8 Å². The van der Waals surface area contributed by atoms with Crippen LogP contribution in [0.5, 0.6) is 11.5 Å². The third-order valence-electron chi connectivity index (χ3n) is 5.90. The molecule has 0 spiro atoms. The molecule has 2 aromatic carbocycles. The molecule has 0 radical (unpaired) electrons. The normalized spacial score (nSPS) is 11.2. The largest absolute Gasteiger partial charge is 0.496 e. The van der Waals surface area contributed by atoms with Gasteiger partial charge >= 0.3 is 10.2 Å². The number of amides is 2. The van der Waals surface area contributed by atoms with E-state index in [1.54, 1.807) is 17.0 Å². The molecule has 10 nitrogen and oxygen atoms in total. The lowest BCUT2D eigenvalue weighted by Gasteiger charge is -2.23. The predicted molar refractivity (Wildman–Crippen MR) is 151 cm³/mol. The number of hydrogen-bond acceptors (Lipinski definition) is 8. The summed E-state index contributed by atoms with van der Waals surface area (Å²) in [7, 11) is -0.912. The van der Waals surface area contributed by atoms with Gasteiger partial charge < -0.3 is 14.4 Å². The first-order valence-electron chi connectivity index (χ1n) is 12.5. The summed E-state index contributed by atoms with van der Waals surface area (Å²) in [5, 5.41) is 1.98. The molecule has 2 amide bonds. The van der Waals surface area contributed by atoms with Crippen molar-refractivity contribution in [1.29, 1.82) is 0 Å². The molecule has 0 saturated carbocycles. The van der Waals surface area contributed by atoms with Crippen molar-refractivity contribution >= 4 is 33.4 Å². The molecule has 39 heavy (non-hydrogen) atoms. The van der Waals surface area contributed by atoms with Crippen LogP contribution in [0.15, 0.2) is 47.8 Å². The zero-order chi connectivity index (χ0) is 28.4. The van der Waals surface area contributed by atoms with E-state index in [0.29, 0.717) is 41.5 Å². The highest BCUT2D eigenvalue weighted by atomic mass is 32.2. The number of aryl methyl sites for hydroxylation is 1. The number of aromatic nitrogens is 1. The summed E-state index contributed by atoms with van der Waals surface area (Å²) < 4.78 is 39.2. The Bertz CT molecular complexity index is 1350. The second-order valence-electron chi connectivity index (χ2n) is 8.78. The van der Waals surface area contributed by atoms with Crippen LogP contribution in [0, 0.1) is 6.92 Å². The van der Waals surface area contributed by atoms with Crippen molar-refractivity contribution in [2.24, 2.45) is 0 Å². The Kier molecular flexibility index (Phi) is 10.8. The minimum Gasteiger partial charge on any atom is -0.496 e. The number of thiazole rings is 1. The van der Waals surface area contributed by atoms with Gasteiger partial charge in [-0.15, -0.1) is 11.3 Å². The van der Waals surface area contributed by atoms with Crippen molar-refractivity contribution in [3.63, 3.8) is 0 Å². The minimum absolute atomic E-state index is 0.0350. The van der Waals surface area contributed by atoms with Crippen LogP contribution in [0.2, 0.25) is 0 Å². The van der Waals surface area contributed by atoms with Crippen LogP contribution >= 0.6 is 11.3 Å². The Morgan fingerprint density at radius 2 is 1.74 bits per heavy atom. The number of methoxy groups -OCH3 is 2. The number of rotatable bonds is 14. The zero-order valence-electron chi connectivity index (χ0n) is 22.5. The Hall–Kier alpha value is -3.48. The van der Waals surface area contributed by atoms with Gasteiger partial charge in [0.05, 0.1) is 20.8 Å². The molecule has 0 aliphatic carbocycles. The van der Waals surface area contributed by atoms with E-state index in [1.807, 2.05) is 48.9 Å². The number of benzene rings is 2. The summed E-state index contributed by atoms with van der Waals surface area (Å²) in [6.45, 7) is 4.45. The van der Waals surface area contributed by atoms with Crippen molar-refractivity contribution in [2.75, 3.05) is 27.3 Å². The fraction of sp³-hybridized carbons (Fsp3) is 0.370. The van der Waals surface area contributed by atoms with Gasteiger partial charge in [-0.25, -0.2) is 9.71 Å². The number of nitrogens with one attached hydrogen (secondary N) is 2. The molecule has 1 heterocycles. The lowest BCUT2D eigenvalue weighted by molar-refractivity contribution is 0.0740. The van der Waals surface area contributed by atoms with Crippen LogP contribution < -0.4 is 18.9 Å². The Balaban J connectivity index is 1.81. The Morgan fingerprint density at radius 1 is 1.08 bits per heavy atom. The van der Waals surface area contributed by atoms with Gasteiger partial charge in [0.2, 0.25) is 0 Å². The Labute approximate surface area is 233 Å². The first-order chi connectivity index (χ1) is 18.7. The number of carbonyl (C=O) groups excluding carboxylic acids is 2. The minimum atomic E-state index is -3.98. The molecule has 2 N–H and O–H groups in total. The van der Waals surface area contributed by atoms with Crippen LogP contribution in [0.1, 0.15) is 56.7 Å². The van der Waals surface area contributed by atoms with E-state index in [9.17, 15) is 18.0 Å². The second-order valence-corrected chi connectivity index (χ2v) is 11.2. The van der Waals surface area contributed by atoms with Crippen molar-refractivity contribution in [1.82, 2.24) is 19.3 Å². The SMILES string of the molecule is CCCNS(=O)(=O)NC(=O)c1csc(CN(CCCc2ccccc2)C(=O)c2cc(OC)c(C)c(OC)c2)n1. The molecule has 0 aliphatic heterocycles. The molecule has 12 heteroatoms. The fourth-order valence-electron chi connectivity index (χ4n) is 3.86. The predicted octanol–water partition coefficient (Wildman–Crippen LogP) is 3.72. The van der Waals surface area contributed by atoms with Gasteiger partial charge in [-0.05, 0) is 43.9 Å². The summed E-state index contributed by atoms with van der Waals surface area (Å²) in [6, 6.07) is 13.3. The lowest BCUT2D eigenvalue weighted by Crippen LogP contribution is -2.40. The van der Waals surface area contributed by atoms with E-state index >= 15 is 0 Å². The number of nitrogens with zero attached hydrogens (tertiary/aromatic N) is 2. The van der Waals surface area contributed by atoms with Crippen molar-refractivity contribution in [3.8, 4) is 11.5 Å². The van der Waals surface area contributed by atoms with Crippen LogP contribution in [0.3, 0.4) is 0 Å². The third kappa shape index (κ3) is 8.50. The lowest BCUT2D eigenvalue weighted by atomic mass is 10.1. The van der Waals surface area contributed by atoms with Gasteiger partial charge in [-0.3, -0.25) is 9.59 Å². The molecule has 0 aliphatic rings. The first kappa shape index (κ1) is 30.1. The van der Waals surface area contributed by atoms with Crippen LogP contribution in [0.25, 0.3) is 0 Å². The molecular weight excluding hydrogens is 540 g/mol. The van der Waals surface area contributed by atoms with E-state index in [-0.39, 0.29) is 24.7 Å². The van der Waals surface area contributed by atoms with E-state index in [4.69, 9.17) is 9.47 Å².